The summed E-state index contributed by atoms with van der Waals surface area (Å²) >= 11 is 0. The number of alkyl carbamates (subject to hydrolysis) is 1. The van der Waals surface area contributed by atoms with Crippen LogP contribution in [0.2, 0.25) is 0 Å². The quantitative estimate of drug-likeness (QED) is 0.777. The third kappa shape index (κ3) is 2.68. The van der Waals surface area contributed by atoms with Crippen molar-refractivity contribution in [2.75, 3.05) is 13.2 Å². The third-order valence-corrected chi connectivity index (χ3v) is 5.10. The number of ether oxygens (including phenoxy) is 1. The first kappa shape index (κ1) is 13.9. The minimum Gasteiger partial charge on any atom is -0.445 e. The van der Waals surface area contributed by atoms with Gasteiger partial charge in [0.15, 0.2) is 0 Å². The highest BCUT2D eigenvalue weighted by Crippen LogP contribution is 2.57. The maximum Gasteiger partial charge on any atom is 0.407 e. The number of hydrogen-bond acceptors (Lipinski definition) is 3. The Kier molecular flexibility index (Phi) is 3.71. The molecule has 0 aliphatic heterocycles. The fraction of sp³-hybridized carbons (Fsp3) is 0.800. The van der Waals surface area contributed by atoms with Gasteiger partial charge in [0.2, 0.25) is 0 Å². The van der Waals surface area contributed by atoms with Crippen molar-refractivity contribution < 1.29 is 13.9 Å². The Morgan fingerprint density at radius 1 is 1.30 bits per heavy atom. The van der Waals surface area contributed by atoms with Crippen LogP contribution in [0.4, 0.5) is 9.18 Å². The van der Waals surface area contributed by atoms with E-state index in [-0.39, 0.29) is 12.6 Å². The maximum absolute atomic E-state index is 14.5. The zero-order chi connectivity index (χ0) is 14.2. The number of hydrogen-bond donors (Lipinski definition) is 2. The largest absolute Gasteiger partial charge is 0.445 e. The minimum absolute atomic E-state index is 0.0985. The van der Waals surface area contributed by atoms with Crippen molar-refractivity contribution in [3.05, 3.63) is 12.2 Å². The molecule has 4 rings (SSSR count). The summed E-state index contributed by atoms with van der Waals surface area (Å²) in [5.74, 6) is 1.11. The Hall–Kier alpha value is -1.10. The highest BCUT2D eigenvalue weighted by atomic mass is 19.1. The molecule has 4 aliphatic carbocycles. The number of nitrogens with two attached hydrogens (primary N) is 1. The van der Waals surface area contributed by atoms with Crippen LogP contribution in [0.3, 0.4) is 0 Å². The number of halogens is 1. The van der Waals surface area contributed by atoms with E-state index in [1.54, 1.807) is 12.2 Å². The zero-order valence-electron chi connectivity index (χ0n) is 11.7. The van der Waals surface area contributed by atoms with E-state index >= 15 is 0 Å². The SMILES string of the molecule is NC/C=C/COC(=O)NC1C2CC3CC1CC(F)(C3)C2. The van der Waals surface area contributed by atoms with Crippen LogP contribution in [-0.4, -0.2) is 31.0 Å². The third-order valence-electron chi connectivity index (χ3n) is 5.10. The normalized spacial score (nSPS) is 42.1. The fourth-order valence-electron chi connectivity index (χ4n) is 4.63. The lowest BCUT2D eigenvalue weighted by molar-refractivity contribution is -0.0914. The Morgan fingerprint density at radius 2 is 2.00 bits per heavy atom. The van der Waals surface area contributed by atoms with Gasteiger partial charge in [0, 0.05) is 12.6 Å². The highest BCUT2D eigenvalue weighted by Gasteiger charge is 2.56. The summed E-state index contributed by atoms with van der Waals surface area (Å²) in [5, 5.41) is 2.96. The number of carbonyl (C=O) groups is 1. The zero-order valence-corrected chi connectivity index (χ0v) is 11.7. The average Bonchev–Trinajstić information content (AvgIpc) is 2.37. The van der Waals surface area contributed by atoms with Gasteiger partial charge in [0.1, 0.15) is 12.3 Å². The van der Waals surface area contributed by atoms with Crippen molar-refractivity contribution in [3.8, 4) is 0 Å². The van der Waals surface area contributed by atoms with Crippen molar-refractivity contribution in [2.45, 2.75) is 43.8 Å². The van der Waals surface area contributed by atoms with Gasteiger partial charge < -0.3 is 15.8 Å². The standard InChI is InChI=1S/C15H23FN2O2/c16-15-7-10-5-11(8-15)13(12(6-10)9-15)18-14(19)20-4-2-1-3-17/h1-2,10-13H,3-9,17H2,(H,18,19)/b2-1+. The molecule has 112 valence electrons. The lowest BCUT2D eigenvalue weighted by Gasteiger charge is -2.56. The first-order valence-corrected chi connectivity index (χ1v) is 7.57. The second-order valence-corrected chi connectivity index (χ2v) is 6.60. The van der Waals surface area contributed by atoms with Crippen LogP contribution in [0.15, 0.2) is 12.2 Å². The lowest BCUT2D eigenvalue weighted by Crippen LogP contribution is -2.60. The summed E-state index contributed by atoms with van der Waals surface area (Å²) in [6.07, 6.45) is 7.16. The van der Waals surface area contributed by atoms with E-state index in [0.29, 0.717) is 37.1 Å². The van der Waals surface area contributed by atoms with Crippen LogP contribution in [-0.2, 0) is 4.74 Å². The van der Waals surface area contributed by atoms with E-state index in [1.807, 2.05) is 0 Å². The van der Waals surface area contributed by atoms with E-state index in [0.717, 1.165) is 19.3 Å². The van der Waals surface area contributed by atoms with Gasteiger partial charge in [0.05, 0.1) is 0 Å². The Morgan fingerprint density at radius 3 is 2.60 bits per heavy atom. The van der Waals surface area contributed by atoms with E-state index in [9.17, 15) is 9.18 Å². The van der Waals surface area contributed by atoms with Gasteiger partial charge >= 0.3 is 6.09 Å². The lowest BCUT2D eigenvalue weighted by atomic mass is 9.53. The summed E-state index contributed by atoms with van der Waals surface area (Å²) in [6, 6.07) is 0.0985. The Bertz CT molecular complexity index is 397. The summed E-state index contributed by atoms with van der Waals surface area (Å²) in [6.45, 7) is 0.679. The number of alkyl halides is 1. The molecule has 5 heteroatoms. The Labute approximate surface area is 118 Å². The van der Waals surface area contributed by atoms with Crippen molar-refractivity contribution in [3.63, 3.8) is 0 Å². The van der Waals surface area contributed by atoms with Crippen LogP contribution in [0.1, 0.15) is 32.1 Å². The predicted octanol–water partition coefficient (Wildman–Crippen LogP) is 2.14. The second-order valence-electron chi connectivity index (χ2n) is 6.60. The van der Waals surface area contributed by atoms with E-state index in [1.165, 1.54) is 0 Å². The molecular weight excluding hydrogens is 259 g/mol. The fourth-order valence-corrected chi connectivity index (χ4v) is 4.63. The van der Waals surface area contributed by atoms with Crippen LogP contribution in [0.5, 0.6) is 0 Å². The molecule has 0 radical (unpaired) electrons. The van der Waals surface area contributed by atoms with Gasteiger partial charge in [0.25, 0.3) is 0 Å². The molecule has 0 saturated heterocycles. The second kappa shape index (κ2) is 5.35. The van der Waals surface area contributed by atoms with Gasteiger partial charge in [-0.15, -0.1) is 0 Å². The predicted molar refractivity (Wildman–Crippen MR) is 73.9 cm³/mol. The summed E-state index contributed by atoms with van der Waals surface area (Å²) in [5.41, 5.74) is 4.35. The molecule has 0 aromatic rings. The average molecular weight is 282 g/mol. The molecule has 4 bridgehead atoms. The molecule has 2 unspecified atom stereocenters. The molecule has 4 fully saturated rings. The highest BCUT2D eigenvalue weighted by molar-refractivity contribution is 5.67. The van der Waals surface area contributed by atoms with Crippen LogP contribution in [0, 0.1) is 17.8 Å². The minimum atomic E-state index is -0.956. The number of nitrogens with one attached hydrogen (secondary N) is 1. The number of rotatable bonds is 4. The van der Waals surface area contributed by atoms with Crippen LogP contribution in [0.25, 0.3) is 0 Å². The molecule has 4 aliphatic rings. The molecule has 4 saturated carbocycles. The molecule has 20 heavy (non-hydrogen) atoms. The van der Waals surface area contributed by atoms with Gasteiger partial charge in [-0.1, -0.05) is 6.08 Å². The molecule has 0 heterocycles. The smallest absolute Gasteiger partial charge is 0.407 e. The van der Waals surface area contributed by atoms with Crippen molar-refractivity contribution in [1.29, 1.82) is 0 Å². The van der Waals surface area contributed by atoms with Crippen molar-refractivity contribution in [1.82, 2.24) is 5.32 Å². The van der Waals surface area contributed by atoms with E-state index in [2.05, 4.69) is 5.32 Å². The maximum atomic E-state index is 14.5. The molecule has 0 spiro atoms. The first-order valence-electron chi connectivity index (χ1n) is 7.57. The van der Waals surface area contributed by atoms with E-state index in [4.69, 9.17) is 10.5 Å². The molecule has 4 nitrogen and oxygen atoms in total. The van der Waals surface area contributed by atoms with Gasteiger partial charge in [-0.2, -0.15) is 0 Å². The monoisotopic (exact) mass is 282 g/mol. The molecule has 0 aromatic carbocycles. The van der Waals surface area contributed by atoms with Crippen molar-refractivity contribution >= 4 is 6.09 Å². The molecule has 2 atom stereocenters. The summed E-state index contributed by atoms with van der Waals surface area (Å²) in [7, 11) is 0. The molecule has 0 aromatic heterocycles. The topological polar surface area (TPSA) is 64.3 Å². The van der Waals surface area contributed by atoms with Gasteiger partial charge in [-0.3, -0.25) is 0 Å². The number of carbonyl (C=O) groups excluding carboxylic acids is 1. The summed E-state index contributed by atoms with van der Waals surface area (Å²) in [4.78, 5) is 11.8. The number of amides is 1. The van der Waals surface area contributed by atoms with E-state index < -0.39 is 11.8 Å². The summed E-state index contributed by atoms with van der Waals surface area (Å²) < 4.78 is 19.6. The Balaban J connectivity index is 1.54. The van der Waals surface area contributed by atoms with Crippen LogP contribution >= 0.6 is 0 Å². The molecule has 3 N–H and O–H groups in total. The van der Waals surface area contributed by atoms with Crippen molar-refractivity contribution in [2.24, 2.45) is 23.5 Å². The molecule has 1 amide bonds. The molecular formula is C15H23FN2O2. The van der Waals surface area contributed by atoms with Gasteiger partial charge in [-0.05, 0) is 55.9 Å². The van der Waals surface area contributed by atoms with Gasteiger partial charge in [-0.25, -0.2) is 9.18 Å². The van der Waals surface area contributed by atoms with Crippen LogP contribution < -0.4 is 11.1 Å². The first-order chi connectivity index (χ1) is 9.59.